The number of carbonyl (C=O) groups is 1. The van der Waals surface area contributed by atoms with Crippen molar-refractivity contribution in [1.82, 2.24) is 15.3 Å². The Labute approximate surface area is 208 Å². The SMILES string of the molecule is C=C/C=C(\C(F)=C(/C)OC)c1ccc2cnc(CNC(=O)c3ccc4c(c3)[C@H](C#N)COC4)cc2n1. The molecule has 0 unspecified atom stereocenters. The summed E-state index contributed by atoms with van der Waals surface area (Å²) in [4.78, 5) is 21.8. The van der Waals surface area contributed by atoms with Crippen molar-refractivity contribution >= 4 is 22.4 Å². The van der Waals surface area contributed by atoms with Gasteiger partial charge in [-0.3, -0.25) is 9.78 Å². The Morgan fingerprint density at radius 3 is 2.94 bits per heavy atom. The molecule has 3 heterocycles. The van der Waals surface area contributed by atoms with Gasteiger partial charge in [-0.2, -0.15) is 5.26 Å². The lowest BCUT2D eigenvalue weighted by Crippen LogP contribution is -2.24. The minimum absolute atomic E-state index is 0.138. The fourth-order valence-corrected chi connectivity index (χ4v) is 3.92. The van der Waals surface area contributed by atoms with E-state index in [-0.39, 0.29) is 23.8 Å². The summed E-state index contributed by atoms with van der Waals surface area (Å²) in [6.07, 6.45) is 4.69. The predicted octanol–water partition coefficient (Wildman–Crippen LogP) is 5.11. The van der Waals surface area contributed by atoms with Crippen LogP contribution < -0.4 is 5.32 Å². The highest BCUT2D eigenvalue weighted by atomic mass is 19.1. The summed E-state index contributed by atoms with van der Waals surface area (Å²) in [6.45, 7) is 6.12. The highest BCUT2D eigenvalue weighted by Gasteiger charge is 2.22. The second-order valence-corrected chi connectivity index (χ2v) is 8.25. The fourth-order valence-electron chi connectivity index (χ4n) is 3.92. The van der Waals surface area contributed by atoms with E-state index in [1.54, 1.807) is 30.5 Å². The number of nitrogens with one attached hydrogen (secondary N) is 1. The number of allylic oxidation sites excluding steroid dienone is 5. The van der Waals surface area contributed by atoms with E-state index >= 15 is 0 Å². The van der Waals surface area contributed by atoms with Gasteiger partial charge in [0, 0.05) is 22.7 Å². The molecule has 0 saturated carbocycles. The van der Waals surface area contributed by atoms with Crippen molar-refractivity contribution < 1.29 is 18.7 Å². The molecule has 8 heteroatoms. The monoisotopic (exact) mass is 484 g/mol. The largest absolute Gasteiger partial charge is 0.498 e. The Morgan fingerprint density at radius 1 is 1.36 bits per heavy atom. The summed E-state index contributed by atoms with van der Waals surface area (Å²) in [7, 11) is 1.40. The predicted molar refractivity (Wildman–Crippen MR) is 134 cm³/mol. The van der Waals surface area contributed by atoms with Crippen molar-refractivity contribution in [2.75, 3.05) is 13.7 Å². The number of rotatable bonds is 7. The van der Waals surface area contributed by atoms with Gasteiger partial charge in [0.1, 0.15) is 5.76 Å². The number of amides is 1. The fraction of sp³-hybridized carbons (Fsp3) is 0.214. The number of methoxy groups -OCH3 is 1. The number of pyridine rings is 2. The van der Waals surface area contributed by atoms with E-state index in [2.05, 4.69) is 27.9 Å². The Kier molecular flexibility index (Phi) is 7.52. The first-order chi connectivity index (χ1) is 17.4. The highest BCUT2D eigenvalue weighted by molar-refractivity contribution is 5.94. The van der Waals surface area contributed by atoms with Gasteiger partial charge in [-0.05, 0) is 48.4 Å². The number of benzene rings is 1. The molecule has 0 saturated heterocycles. The molecule has 1 N–H and O–H groups in total. The van der Waals surface area contributed by atoms with Gasteiger partial charge >= 0.3 is 0 Å². The maximum absolute atomic E-state index is 14.9. The van der Waals surface area contributed by atoms with E-state index in [0.29, 0.717) is 35.7 Å². The minimum Gasteiger partial charge on any atom is -0.498 e. The van der Waals surface area contributed by atoms with E-state index in [0.717, 1.165) is 16.5 Å². The zero-order chi connectivity index (χ0) is 25.7. The second kappa shape index (κ2) is 10.9. The third-order valence-electron chi connectivity index (χ3n) is 5.95. The van der Waals surface area contributed by atoms with Crippen molar-refractivity contribution in [1.29, 1.82) is 5.26 Å². The molecule has 1 aromatic carbocycles. The van der Waals surface area contributed by atoms with Gasteiger partial charge in [0.25, 0.3) is 5.91 Å². The van der Waals surface area contributed by atoms with Crippen molar-refractivity contribution in [3.8, 4) is 6.07 Å². The number of nitriles is 1. The van der Waals surface area contributed by atoms with Crippen LogP contribution in [-0.2, 0) is 22.6 Å². The van der Waals surface area contributed by atoms with Crippen molar-refractivity contribution in [3.05, 3.63) is 101 Å². The molecule has 0 radical (unpaired) electrons. The summed E-state index contributed by atoms with van der Waals surface area (Å²) in [5, 5.41) is 13.0. The maximum atomic E-state index is 14.9. The van der Waals surface area contributed by atoms with Gasteiger partial charge in [-0.1, -0.05) is 24.8 Å². The van der Waals surface area contributed by atoms with E-state index in [1.807, 2.05) is 12.1 Å². The van der Waals surface area contributed by atoms with Crippen LogP contribution in [-0.4, -0.2) is 29.6 Å². The van der Waals surface area contributed by atoms with Crippen molar-refractivity contribution in [2.24, 2.45) is 0 Å². The molecule has 0 bridgehead atoms. The maximum Gasteiger partial charge on any atom is 0.251 e. The summed E-state index contributed by atoms with van der Waals surface area (Å²) in [5.41, 5.74) is 4.08. The molecule has 1 aliphatic heterocycles. The highest BCUT2D eigenvalue weighted by Crippen LogP contribution is 2.28. The molecule has 2 aromatic heterocycles. The molecule has 0 aliphatic carbocycles. The van der Waals surface area contributed by atoms with Gasteiger partial charge in [-0.25, -0.2) is 9.37 Å². The lowest BCUT2D eigenvalue weighted by molar-refractivity contribution is 0.0945. The topological polar surface area (TPSA) is 97.1 Å². The molecular formula is C28H25FN4O3. The third kappa shape index (κ3) is 5.16. The lowest BCUT2D eigenvalue weighted by Gasteiger charge is -2.21. The van der Waals surface area contributed by atoms with Gasteiger partial charge in [0.2, 0.25) is 0 Å². The molecule has 182 valence electrons. The molecule has 7 nitrogen and oxygen atoms in total. The summed E-state index contributed by atoms with van der Waals surface area (Å²) in [6, 6.07) is 12.8. The molecule has 0 spiro atoms. The smallest absolute Gasteiger partial charge is 0.251 e. The lowest BCUT2D eigenvalue weighted by atomic mass is 9.92. The number of fused-ring (bicyclic) bond motifs is 2. The molecule has 1 aliphatic rings. The molecule has 1 amide bonds. The Morgan fingerprint density at radius 2 is 2.19 bits per heavy atom. The molecule has 4 rings (SSSR count). The first-order valence-corrected chi connectivity index (χ1v) is 11.3. The average Bonchev–Trinajstić information content (AvgIpc) is 2.92. The van der Waals surface area contributed by atoms with E-state index < -0.39 is 11.7 Å². The van der Waals surface area contributed by atoms with Crippen LogP contribution in [0.1, 0.15) is 45.7 Å². The van der Waals surface area contributed by atoms with E-state index in [1.165, 1.54) is 26.2 Å². The molecule has 1 atom stereocenters. The second-order valence-electron chi connectivity index (χ2n) is 8.25. The van der Waals surface area contributed by atoms with Crippen LogP contribution in [0.25, 0.3) is 16.5 Å². The van der Waals surface area contributed by atoms with E-state index in [4.69, 9.17) is 9.47 Å². The van der Waals surface area contributed by atoms with Crippen molar-refractivity contribution in [2.45, 2.75) is 26.0 Å². The van der Waals surface area contributed by atoms with Gasteiger partial charge in [0.15, 0.2) is 5.83 Å². The van der Waals surface area contributed by atoms with E-state index in [9.17, 15) is 14.4 Å². The van der Waals surface area contributed by atoms with Crippen LogP contribution in [0, 0.1) is 11.3 Å². The Bertz CT molecular complexity index is 1440. The van der Waals surface area contributed by atoms with Crippen LogP contribution in [0.5, 0.6) is 0 Å². The van der Waals surface area contributed by atoms with Crippen LogP contribution in [0.2, 0.25) is 0 Å². The zero-order valence-electron chi connectivity index (χ0n) is 20.0. The van der Waals surface area contributed by atoms with Crippen LogP contribution in [0.15, 0.2) is 72.9 Å². The summed E-state index contributed by atoms with van der Waals surface area (Å²) < 4.78 is 25.3. The number of hydrogen-bond donors (Lipinski definition) is 1. The summed E-state index contributed by atoms with van der Waals surface area (Å²) in [5.74, 6) is -1.06. The van der Waals surface area contributed by atoms with Crippen molar-refractivity contribution in [3.63, 3.8) is 0 Å². The standard InChI is InChI=1S/C28H25FN4O3/c1-4-5-23(27(29)17(2)35-3)25-9-8-19-13-31-22(11-26(19)33-25)14-32-28(34)18-6-7-20-15-36-16-21(12-30)24(20)10-18/h4-11,13,21H,1,14-16H2,2-3H3,(H,32,34)/b23-5-,27-17-/t21-/m1/s1. The van der Waals surface area contributed by atoms with Crippen LogP contribution in [0.4, 0.5) is 4.39 Å². The normalized spacial score (nSPS) is 15.9. The number of aromatic nitrogens is 2. The number of ether oxygens (including phenoxy) is 2. The average molecular weight is 485 g/mol. The molecule has 3 aromatic rings. The molecule has 0 fully saturated rings. The molecular weight excluding hydrogens is 459 g/mol. The quantitative estimate of drug-likeness (QED) is 0.370. The number of nitrogens with zero attached hydrogens (tertiary/aromatic N) is 3. The Balaban J connectivity index is 1.55. The third-order valence-corrected chi connectivity index (χ3v) is 5.95. The summed E-state index contributed by atoms with van der Waals surface area (Å²) >= 11 is 0. The zero-order valence-corrected chi connectivity index (χ0v) is 20.0. The number of carbonyl (C=O) groups excluding carboxylic acids is 1. The van der Waals surface area contributed by atoms with Crippen LogP contribution in [0.3, 0.4) is 0 Å². The first kappa shape index (κ1) is 24.8. The minimum atomic E-state index is -0.527. The Hall–Kier alpha value is -4.35. The van der Waals surface area contributed by atoms with Crippen LogP contribution >= 0.6 is 0 Å². The molecule has 36 heavy (non-hydrogen) atoms. The van der Waals surface area contributed by atoms with Gasteiger partial charge < -0.3 is 14.8 Å². The number of halogens is 1. The first-order valence-electron chi connectivity index (χ1n) is 11.3. The van der Waals surface area contributed by atoms with Gasteiger partial charge in [-0.15, -0.1) is 0 Å². The van der Waals surface area contributed by atoms with Gasteiger partial charge in [0.05, 0.1) is 55.8 Å². The number of hydrogen-bond acceptors (Lipinski definition) is 6.